The summed E-state index contributed by atoms with van der Waals surface area (Å²) in [5.74, 6) is 0.491. The molecule has 0 spiro atoms. The maximum absolute atomic E-state index is 11.8. The van der Waals surface area contributed by atoms with Crippen LogP contribution in [0.5, 0.6) is 0 Å². The first kappa shape index (κ1) is 10.8. The molecule has 2 rings (SSSR count). The van der Waals surface area contributed by atoms with E-state index in [1.807, 2.05) is 18.3 Å². The lowest BCUT2D eigenvalue weighted by atomic mass is 10.2. The van der Waals surface area contributed by atoms with Gasteiger partial charge in [0.2, 0.25) is 0 Å². The highest BCUT2D eigenvalue weighted by Gasteiger charge is 2.16. The maximum atomic E-state index is 11.8. The molecular weight excluding hydrogens is 210 g/mol. The van der Waals surface area contributed by atoms with Crippen LogP contribution in [0.1, 0.15) is 18.4 Å². The lowest BCUT2D eigenvalue weighted by molar-refractivity contribution is 0.0961. The third-order valence-corrected chi connectivity index (χ3v) is 3.03. The number of thiol groups is 1. The summed E-state index contributed by atoms with van der Waals surface area (Å²) in [6.07, 6.45) is 4.18. The fourth-order valence-electron chi connectivity index (χ4n) is 1.86. The van der Waals surface area contributed by atoms with Gasteiger partial charge in [-0.05, 0) is 18.9 Å². The largest absolute Gasteiger partial charge is 0.376 e. The first-order chi connectivity index (χ1) is 7.31. The highest BCUT2D eigenvalue weighted by Crippen LogP contribution is 2.13. The van der Waals surface area contributed by atoms with Crippen molar-refractivity contribution in [2.24, 2.45) is 0 Å². The van der Waals surface area contributed by atoms with E-state index in [0.29, 0.717) is 12.3 Å². The molecule has 4 heteroatoms. The third-order valence-electron chi connectivity index (χ3n) is 2.69. The summed E-state index contributed by atoms with van der Waals surface area (Å²) in [6, 6.07) is 3.71. The van der Waals surface area contributed by atoms with Crippen LogP contribution in [-0.4, -0.2) is 17.3 Å². The Kier molecular flexibility index (Phi) is 3.49. The monoisotopic (exact) mass is 225 g/mol. The Hall–Kier alpha value is -0.740. The third kappa shape index (κ3) is 2.44. The fraction of sp³-hybridized carbons (Fsp3) is 0.545. The molecule has 0 saturated carbocycles. The van der Waals surface area contributed by atoms with Crippen molar-refractivity contribution in [2.75, 3.05) is 6.61 Å². The van der Waals surface area contributed by atoms with Gasteiger partial charge in [-0.15, -0.1) is 0 Å². The van der Waals surface area contributed by atoms with E-state index in [2.05, 4.69) is 12.6 Å². The van der Waals surface area contributed by atoms with Gasteiger partial charge in [-0.1, -0.05) is 6.07 Å². The van der Waals surface area contributed by atoms with Crippen LogP contribution in [-0.2, 0) is 17.0 Å². The molecule has 1 aliphatic heterocycles. The normalized spacial score (nSPS) is 20.7. The molecule has 0 radical (unpaired) electrons. The summed E-state index contributed by atoms with van der Waals surface area (Å²) >= 11 is 4.13. The number of aromatic nitrogens is 1. The van der Waals surface area contributed by atoms with Crippen LogP contribution in [0, 0.1) is 0 Å². The minimum Gasteiger partial charge on any atom is -0.376 e. The van der Waals surface area contributed by atoms with Crippen molar-refractivity contribution >= 4 is 12.6 Å². The predicted octanol–water partition coefficient (Wildman–Crippen LogP) is 1.46. The van der Waals surface area contributed by atoms with Crippen molar-refractivity contribution in [1.82, 2.24) is 4.57 Å². The average molecular weight is 225 g/mol. The molecule has 1 aromatic rings. The van der Waals surface area contributed by atoms with Crippen LogP contribution in [0.2, 0.25) is 0 Å². The van der Waals surface area contributed by atoms with Crippen LogP contribution in [0.3, 0.4) is 0 Å². The highest BCUT2D eigenvalue weighted by molar-refractivity contribution is 7.79. The van der Waals surface area contributed by atoms with E-state index in [9.17, 15) is 4.79 Å². The first-order valence-electron chi connectivity index (χ1n) is 5.22. The van der Waals surface area contributed by atoms with Gasteiger partial charge < -0.3 is 9.30 Å². The zero-order chi connectivity index (χ0) is 10.7. The molecule has 82 valence electrons. The second-order valence-corrected chi connectivity index (χ2v) is 4.10. The maximum Gasteiger partial charge on any atom is 0.254 e. The van der Waals surface area contributed by atoms with E-state index in [-0.39, 0.29) is 11.7 Å². The molecule has 0 aliphatic carbocycles. The number of pyridine rings is 1. The summed E-state index contributed by atoms with van der Waals surface area (Å²) < 4.78 is 7.23. The van der Waals surface area contributed by atoms with Gasteiger partial charge in [0.25, 0.3) is 5.56 Å². The van der Waals surface area contributed by atoms with Crippen LogP contribution in [0.15, 0.2) is 23.1 Å². The van der Waals surface area contributed by atoms with Gasteiger partial charge in [0.15, 0.2) is 0 Å². The van der Waals surface area contributed by atoms with Gasteiger partial charge in [0.05, 0.1) is 12.6 Å². The van der Waals surface area contributed by atoms with Crippen molar-refractivity contribution in [3.8, 4) is 0 Å². The van der Waals surface area contributed by atoms with E-state index in [1.165, 1.54) is 0 Å². The molecule has 1 atom stereocenters. The Morgan fingerprint density at radius 1 is 1.60 bits per heavy atom. The predicted molar refractivity (Wildman–Crippen MR) is 62.4 cm³/mol. The second-order valence-electron chi connectivity index (χ2n) is 3.78. The minimum absolute atomic E-state index is 0.0583. The van der Waals surface area contributed by atoms with Crippen LogP contribution in [0.4, 0.5) is 0 Å². The van der Waals surface area contributed by atoms with E-state index in [0.717, 1.165) is 25.0 Å². The molecule has 3 nitrogen and oxygen atoms in total. The summed E-state index contributed by atoms with van der Waals surface area (Å²) in [5.41, 5.74) is 0.807. The molecule has 0 N–H and O–H groups in total. The summed E-state index contributed by atoms with van der Waals surface area (Å²) in [6.45, 7) is 1.49. The van der Waals surface area contributed by atoms with E-state index in [4.69, 9.17) is 4.74 Å². The van der Waals surface area contributed by atoms with Crippen LogP contribution < -0.4 is 5.56 Å². The van der Waals surface area contributed by atoms with Crippen molar-refractivity contribution < 1.29 is 4.74 Å². The highest BCUT2D eigenvalue weighted by atomic mass is 32.1. The van der Waals surface area contributed by atoms with Gasteiger partial charge in [0, 0.05) is 24.1 Å². The van der Waals surface area contributed by atoms with E-state index >= 15 is 0 Å². The lowest BCUT2D eigenvalue weighted by Gasteiger charge is -2.12. The molecule has 0 bridgehead atoms. The Balaban J connectivity index is 2.17. The summed E-state index contributed by atoms with van der Waals surface area (Å²) in [7, 11) is 0. The minimum atomic E-state index is 0.0583. The smallest absolute Gasteiger partial charge is 0.254 e. The van der Waals surface area contributed by atoms with Crippen molar-refractivity contribution in [3.63, 3.8) is 0 Å². The Bertz CT molecular complexity index is 382. The Morgan fingerprint density at radius 3 is 3.13 bits per heavy atom. The number of ether oxygens (including phenoxy) is 1. The van der Waals surface area contributed by atoms with Crippen molar-refractivity contribution in [2.45, 2.75) is 31.2 Å². The standard InChI is InChI=1S/C11H15NO2S/c13-11-9(8-15)3-1-5-12(11)7-10-4-2-6-14-10/h1,3,5,10,15H,2,4,6-8H2. The zero-order valence-electron chi connectivity index (χ0n) is 8.56. The molecule has 1 fully saturated rings. The second kappa shape index (κ2) is 4.86. The molecule has 0 amide bonds. The quantitative estimate of drug-likeness (QED) is 0.790. The lowest BCUT2D eigenvalue weighted by Crippen LogP contribution is -2.27. The number of hydrogen-bond donors (Lipinski definition) is 1. The summed E-state index contributed by atoms with van der Waals surface area (Å²) in [5, 5.41) is 0. The van der Waals surface area contributed by atoms with E-state index in [1.54, 1.807) is 4.57 Å². The molecule has 0 aromatic carbocycles. The zero-order valence-corrected chi connectivity index (χ0v) is 9.45. The SMILES string of the molecule is O=c1c(CS)cccn1CC1CCCO1. The molecule has 1 saturated heterocycles. The van der Waals surface area contributed by atoms with Gasteiger partial charge >= 0.3 is 0 Å². The van der Waals surface area contributed by atoms with Gasteiger partial charge in [-0.2, -0.15) is 12.6 Å². The molecular formula is C11H15NO2S. The number of nitrogens with zero attached hydrogens (tertiary/aromatic N) is 1. The van der Waals surface area contributed by atoms with Gasteiger partial charge in [0.1, 0.15) is 0 Å². The molecule has 2 heterocycles. The van der Waals surface area contributed by atoms with Crippen LogP contribution >= 0.6 is 12.6 Å². The van der Waals surface area contributed by atoms with Gasteiger partial charge in [-0.25, -0.2) is 0 Å². The molecule has 1 aliphatic rings. The number of rotatable bonds is 3. The number of hydrogen-bond acceptors (Lipinski definition) is 3. The van der Waals surface area contributed by atoms with Crippen molar-refractivity contribution in [1.29, 1.82) is 0 Å². The van der Waals surface area contributed by atoms with Crippen LogP contribution in [0.25, 0.3) is 0 Å². The summed E-state index contributed by atoms with van der Waals surface area (Å²) in [4.78, 5) is 11.8. The Morgan fingerprint density at radius 2 is 2.47 bits per heavy atom. The molecule has 15 heavy (non-hydrogen) atoms. The molecule has 1 aromatic heterocycles. The van der Waals surface area contributed by atoms with E-state index < -0.39 is 0 Å². The molecule has 1 unspecified atom stereocenters. The Labute approximate surface area is 94.5 Å². The topological polar surface area (TPSA) is 31.2 Å². The average Bonchev–Trinajstić information content (AvgIpc) is 2.74. The fourth-order valence-corrected chi connectivity index (χ4v) is 2.10. The van der Waals surface area contributed by atoms with Gasteiger partial charge in [-0.3, -0.25) is 4.79 Å². The van der Waals surface area contributed by atoms with Crippen molar-refractivity contribution in [3.05, 3.63) is 34.2 Å². The first-order valence-corrected chi connectivity index (χ1v) is 5.85.